The number of Topliss-reactive ketones (excluding diaryl/α,β-unsaturated/α-hetero) is 3. The van der Waals surface area contributed by atoms with Gasteiger partial charge in [0.05, 0.1) is 13.2 Å². The molecule has 0 aliphatic carbocycles. The Morgan fingerprint density at radius 1 is 0.440 bits per heavy atom. The predicted octanol–water partition coefficient (Wildman–Crippen LogP) is 13.8. The van der Waals surface area contributed by atoms with E-state index in [1.165, 1.54) is 18.2 Å². The number of benzene rings is 6. The molecule has 5 N–H and O–H groups in total. The number of hydrogen-bond acceptors (Lipinski definition) is 17. The molecule has 4 fully saturated rings. The van der Waals surface area contributed by atoms with Crippen molar-refractivity contribution in [3.8, 4) is 0 Å². The number of carbonyl (C=O) groups is 6. The number of aliphatic hydroxyl groups excluding tert-OH is 1. The lowest BCUT2D eigenvalue weighted by molar-refractivity contribution is -0.149. The molecule has 6 aromatic rings. The SMILES string of the molecule is CCOC(=O)Cl.CCOC(=O)N1CCC(CC(=O)[C@@H](OC)c2ccccc2)CC1.CO.CO[C@H](C(=O)CC1CCN(Cc2ccccc2)CC1)c1ccccc1.CO[C@H](C(=O)CC1CCNCC1)c1ccccc1.CO[C@H](C(=O)O)c1ccccc1.NC1CCN(Cc2ccccc2)CC1. The minimum Gasteiger partial charge on any atom is -0.479 e. The van der Waals surface area contributed by atoms with Gasteiger partial charge in [0.1, 0.15) is 18.3 Å². The van der Waals surface area contributed by atoms with Gasteiger partial charge in [-0.15, -0.1) is 0 Å². The minimum atomic E-state index is -0.969. The molecule has 0 saturated carbocycles. The molecule has 4 heterocycles. The highest BCUT2D eigenvalue weighted by molar-refractivity contribution is 6.61. The van der Waals surface area contributed by atoms with Crippen LogP contribution in [-0.4, -0.2) is 167 Å². The Morgan fingerprint density at radius 2 is 0.730 bits per heavy atom. The Hall–Kier alpha value is -7.53. The number of aliphatic carboxylic acids is 1. The van der Waals surface area contributed by atoms with Crippen LogP contribution < -0.4 is 11.1 Å². The number of ketones is 3. The van der Waals surface area contributed by atoms with Crippen LogP contribution >= 0.6 is 11.6 Å². The lowest BCUT2D eigenvalue weighted by atomic mass is 9.89. The molecule has 4 aliphatic heterocycles. The lowest BCUT2D eigenvalue weighted by Crippen LogP contribution is -2.39. The summed E-state index contributed by atoms with van der Waals surface area (Å²) < 4.78 is 30.2. The number of piperidine rings is 4. The first kappa shape index (κ1) is 84.9. The largest absolute Gasteiger partial charge is 0.479 e. The molecule has 1 amide bonds. The van der Waals surface area contributed by atoms with Gasteiger partial charge in [0.25, 0.3) is 0 Å². The number of aliphatic hydroxyl groups is 1. The van der Waals surface area contributed by atoms with E-state index < -0.39 is 35.8 Å². The van der Waals surface area contributed by atoms with Gasteiger partial charge in [-0.25, -0.2) is 14.4 Å². The van der Waals surface area contributed by atoms with Gasteiger partial charge < -0.3 is 54.6 Å². The topological polar surface area (TPSA) is 246 Å². The van der Waals surface area contributed by atoms with Gasteiger partial charge in [-0.2, -0.15) is 0 Å². The Morgan fingerprint density at radius 3 is 1.02 bits per heavy atom. The number of hydrogen-bond donors (Lipinski definition) is 4. The standard InChI is InChI=1S/C22H27NO2.C18H25NO4.C15H21NO2.C12H18N2.C9H10O3.C3H5ClO2.CH4O/c1-25-22(20-10-6-3-7-11-20)21(24)16-18-12-14-23(15-13-18)17-19-8-4-2-5-9-19;1-3-23-18(21)19-11-9-14(10-12-19)13-16(20)17(22-2)15-7-5-4-6-8-15;1-18-15(13-5-3-2-4-6-13)14(17)11-12-7-9-16-10-8-12;13-12-6-8-14(9-7-12)10-11-4-2-1-3-5-11;1-12-8(9(10)11)7-5-3-2-4-6-7;1-2-6-3(4)5;1-2/h2-11,18,22H,12-17H2,1H3;4-8,14,17H,3,9-13H2,1-2H3;2-6,12,15-16H,7-11H2,1H3;1-5,12H,6-10,13H2;2-6,8H,1H3,(H,10,11);2H2,1H3;2H,1H3/t22-;17-;15-;;8-;;/m000.0../s1. The van der Waals surface area contributed by atoms with Crippen molar-refractivity contribution in [2.24, 2.45) is 23.5 Å². The van der Waals surface area contributed by atoms with Crippen molar-refractivity contribution in [3.63, 3.8) is 0 Å². The summed E-state index contributed by atoms with van der Waals surface area (Å²) in [6, 6.07) is 59.6. The second-order valence-corrected chi connectivity index (χ2v) is 25.1. The van der Waals surface area contributed by atoms with Crippen molar-refractivity contribution in [2.45, 2.75) is 128 Å². The third kappa shape index (κ3) is 32.9. The van der Waals surface area contributed by atoms with Crippen molar-refractivity contribution in [1.29, 1.82) is 0 Å². The number of amides is 1. The molecule has 20 heteroatoms. The fourth-order valence-corrected chi connectivity index (χ4v) is 12.4. The number of methoxy groups -OCH3 is 4. The average Bonchev–Trinajstić information content (AvgIpc) is 0.879. The maximum atomic E-state index is 12.7. The molecule has 10 rings (SSSR count). The molecule has 546 valence electrons. The van der Waals surface area contributed by atoms with E-state index in [4.69, 9.17) is 51.2 Å². The van der Waals surface area contributed by atoms with Crippen molar-refractivity contribution in [3.05, 3.63) is 215 Å². The minimum absolute atomic E-state index is 0.105. The predicted molar refractivity (Wildman–Crippen MR) is 393 cm³/mol. The van der Waals surface area contributed by atoms with E-state index in [9.17, 15) is 28.8 Å². The summed E-state index contributed by atoms with van der Waals surface area (Å²) in [4.78, 5) is 76.1. The highest BCUT2D eigenvalue weighted by atomic mass is 35.5. The molecule has 100 heavy (non-hydrogen) atoms. The molecule has 0 bridgehead atoms. The fraction of sp³-hybridized carbons (Fsp3) is 0.475. The third-order valence-corrected chi connectivity index (χ3v) is 17.7. The van der Waals surface area contributed by atoms with Crippen molar-refractivity contribution >= 4 is 46.4 Å². The van der Waals surface area contributed by atoms with Crippen LogP contribution in [0.3, 0.4) is 0 Å². The number of halogens is 1. The monoisotopic (exact) mass is 1400 g/mol. The number of carboxylic acid groups (broad SMARTS) is 1. The fourth-order valence-electron chi connectivity index (χ4n) is 12.3. The van der Waals surface area contributed by atoms with E-state index in [1.807, 2.05) is 97.1 Å². The summed E-state index contributed by atoms with van der Waals surface area (Å²) in [7, 11) is 7.18. The lowest BCUT2D eigenvalue weighted by Gasteiger charge is -2.32. The molecule has 4 atom stereocenters. The molecule has 4 saturated heterocycles. The molecule has 0 radical (unpaired) electrons. The first-order valence-corrected chi connectivity index (χ1v) is 35.3. The number of ether oxygens (including phenoxy) is 6. The van der Waals surface area contributed by atoms with Gasteiger partial charge in [0.15, 0.2) is 23.5 Å². The zero-order valence-electron chi connectivity index (χ0n) is 59.8. The van der Waals surface area contributed by atoms with E-state index >= 15 is 0 Å². The summed E-state index contributed by atoms with van der Waals surface area (Å²) in [5.41, 5.74) is 11.4. The number of likely N-dealkylation sites (tertiary alicyclic amines) is 3. The smallest absolute Gasteiger partial charge is 0.409 e. The van der Waals surface area contributed by atoms with Crippen LogP contribution in [0.15, 0.2) is 182 Å². The summed E-state index contributed by atoms with van der Waals surface area (Å²) in [6.45, 7) is 14.1. The Kier molecular flexibility index (Phi) is 43.1. The molecule has 0 aromatic heterocycles. The molecular formula is C80H110ClN5O14. The van der Waals surface area contributed by atoms with E-state index in [0.29, 0.717) is 74.9 Å². The number of rotatable bonds is 24. The van der Waals surface area contributed by atoms with Gasteiger partial charge in [-0.3, -0.25) is 24.2 Å². The summed E-state index contributed by atoms with van der Waals surface area (Å²) in [5.74, 6) is 0.832. The van der Waals surface area contributed by atoms with Crippen LogP contribution in [0, 0.1) is 17.8 Å². The first-order valence-electron chi connectivity index (χ1n) is 34.9. The molecule has 19 nitrogen and oxygen atoms in total. The summed E-state index contributed by atoms with van der Waals surface area (Å²) in [5, 5.41) is 19.0. The number of carboxylic acids is 1. The Bertz CT molecular complexity index is 3140. The number of nitrogens with zero attached hydrogens (tertiary/aromatic N) is 3. The van der Waals surface area contributed by atoms with Crippen LogP contribution in [0.25, 0.3) is 0 Å². The normalized spacial score (nSPS) is 16.3. The molecule has 0 unspecified atom stereocenters. The second kappa shape index (κ2) is 50.7. The second-order valence-electron chi connectivity index (χ2n) is 24.8. The molecule has 6 aromatic carbocycles. The van der Waals surface area contributed by atoms with E-state index in [-0.39, 0.29) is 23.4 Å². The highest BCUT2D eigenvalue weighted by Crippen LogP contribution is 2.30. The Balaban J connectivity index is 0.000000263. The van der Waals surface area contributed by atoms with E-state index in [0.717, 1.165) is 128 Å². The van der Waals surface area contributed by atoms with Gasteiger partial charge in [0.2, 0.25) is 0 Å². The maximum absolute atomic E-state index is 12.7. The third-order valence-electron chi connectivity index (χ3n) is 17.6. The number of nitrogens with one attached hydrogen (secondary N) is 1. The van der Waals surface area contributed by atoms with Crippen LogP contribution in [0.4, 0.5) is 9.59 Å². The van der Waals surface area contributed by atoms with Crippen molar-refractivity contribution < 1.29 is 67.4 Å². The van der Waals surface area contributed by atoms with Gasteiger partial charge in [-0.05, 0) is 156 Å². The van der Waals surface area contributed by atoms with Crippen molar-refractivity contribution in [1.82, 2.24) is 20.0 Å². The van der Waals surface area contributed by atoms with Crippen molar-refractivity contribution in [2.75, 3.05) is 101 Å². The zero-order valence-corrected chi connectivity index (χ0v) is 60.5. The quantitative estimate of drug-likeness (QED) is 0.0411. The molecule has 0 spiro atoms. The van der Waals surface area contributed by atoms with Gasteiger partial charge >= 0.3 is 17.5 Å². The zero-order chi connectivity index (χ0) is 72.7. The molecule has 4 aliphatic rings. The van der Waals surface area contributed by atoms with Crippen LogP contribution in [0.1, 0.15) is 142 Å². The summed E-state index contributed by atoms with van der Waals surface area (Å²) in [6.07, 6.45) is 7.62. The average molecular weight is 1400 g/mol. The van der Waals surface area contributed by atoms with Gasteiger partial charge in [0, 0.05) is 98.6 Å². The Labute approximate surface area is 598 Å². The molecular weight excluding hydrogens is 1290 g/mol. The van der Waals surface area contributed by atoms with E-state index in [2.05, 4.69) is 80.5 Å². The van der Waals surface area contributed by atoms with Crippen LogP contribution in [-0.2, 0) is 60.7 Å². The van der Waals surface area contributed by atoms with Crippen LogP contribution in [0.2, 0.25) is 0 Å². The first-order chi connectivity index (χ1) is 48.6. The number of carbonyl (C=O) groups excluding carboxylic acids is 5. The van der Waals surface area contributed by atoms with Gasteiger partial charge in [-0.1, -0.05) is 182 Å². The van der Waals surface area contributed by atoms with Crippen LogP contribution in [0.5, 0.6) is 0 Å². The number of nitrogens with two attached hydrogens (primary N) is 1. The highest BCUT2D eigenvalue weighted by Gasteiger charge is 2.30. The van der Waals surface area contributed by atoms with E-state index in [1.54, 1.807) is 64.3 Å². The summed E-state index contributed by atoms with van der Waals surface area (Å²) >= 11 is 4.72. The maximum Gasteiger partial charge on any atom is 0.409 e.